The second-order valence-electron chi connectivity index (χ2n) is 3.51. The number of aryl methyl sites for hydroxylation is 1. The number of benzene rings is 1. The van der Waals surface area contributed by atoms with Crippen LogP contribution in [-0.2, 0) is 4.79 Å². The standard InChI is InChI=1S/C12H16N2O2S/c1-3-13-12(16)14-11(15)8-17-10-6-4-9(2)5-7-10/h4-7H,3,8H2,1-2H3,(H2,13,14,15,16). The lowest BCUT2D eigenvalue weighted by Crippen LogP contribution is -2.40. The van der Waals surface area contributed by atoms with Crippen LogP contribution in [0.15, 0.2) is 29.2 Å². The highest BCUT2D eigenvalue weighted by Crippen LogP contribution is 2.17. The van der Waals surface area contributed by atoms with Crippen molar-refractivity contribution in [2.45, 2.75) is 18.7 Å². The molecular formula is C12H16N2O2S. The van der Waals surface area contributed by atoms with Gasteiger partial charge in [-0.3, -0.25) is 10.1 Å². The average Bonchev–Trinajstić information content (AvgIpc) is 2.28. The minimum atomic E-state index is -0.443. The molecule has 2 N–H and O–H groups in total. The lowest BCUT2D eigenvalue weighted by Gasteiger charge is -2.04. The monoisotopic (exact) mass is 252 g/mol. The summed E-state index contributed by atoms with van der Waals surface area (Å²) in [5, 5.41) is 4.75. The van der Waals surface area contributed by atoms with Gasteiger partial charge >= 0.3 is 6.03 Å². The van der Waals surface area contributed by atoms with Gasteiger partial charge in [0.1, 0.15) is 0 Å². The molecule has 0 aliphatic carbocycles. The van der Waals surface area contributed by atoms with Crippen LogP contribution in [0.2, 0.25) is 0 Å². The molecule has 5 heteroatoms. The molecule has 0 fully saturated rings. The van der Waals surface area contributed by atoms with Gasteiger partial charge in [-0.25, -0.2) is 4.79 Å². The quantitative estimate of drug-likeness (QED) is 0.805. The summed E-state index contributed by atoms with van der Waals surface area (Å²) in [6.45, 7) is 4.31. The van der Waals surface area contributed by atoms with Gasteiger partial charge in [-0.15, -0.1) is 11.8 Å². The Labute approximate surface area is 105 Å². The largest absolute Gasteiger partial charge is 0.338 e. The first kappa shape index (κ1) is 13.6. The van der Waals surface area contributed by atoms with E-state index in [0.29, 0.717) is 6.54 Å². The van der Waals surface area contributed by atoms with Gasteiger partial charge in [0.2, 0.25) is 5.91 Å². The van der Waals surface area contributed by atoms with Crippen LogP contribution in [0.1, 0.15) is 12.5 Å². The van der Waals surface area contributed by atoms with E-state index in [1.807, 2.05) is 31.2 Å². The van der Waals surface area contributed by atoms with E-state index in [2.05, 4.69) is 10.6 Å². The maximum Gasteiger partial charge on any atom is 0.321 e. The Bertz CT molecular complexity index is 390. The van der Waals surface area contributed by atoms with Crippen molar-refractivity contribution in [2.24, 2.45) is 0 Å². The Morgan fingerprint density at radius 3 is 2.47 bits per heavy atom. The van der Waals surface area contributed by atoms with Crippen molar-refractivity contribution < 1.29 is 9.59 Å². The SMILES string of the molecule is CCNC(=O)NC(=O)CSc1ccc(C)cc1. The molecule has 0 unspecified atom stereocenters. The molecule has 1 aromatic carbocycles. The van der Waals surface area contributed by atoms with E-state index in [9.17, 15) is 9.59 Å². The lowest BCUT2D eigenvalue weighted by molar-refractivity contribution is -0.117. The molecule has 0 radical (unpaired) electrons. The Kier molecular flexibility index (Phi) is 5.56. The van der Waals surface area contributed by atoms with E-state index in [0.717, 1.165) is 4.90 Å². The molecule has 0 atom stereocenters. The van der Waals surface area contributed by atoms with Crippen LogP contribution in [0.5, 0.6) is 0 Å². The highest BCUT2D eigenvalue weighted by atomic mass is 32.2. The zero-order chi connectivity index (χ0) is 12.7. The van der Waals surface area contributed by atoms with Gasteiger partial charge in [0.15, 0.2) is 0 Å². The summed E-state index contributed by atoms with van der Waals surface area (Å²) in [6.07, 6.45) is 0. The Morgan fingerprint density at radius 1 is 1.24 bits per heavy atom. The molecule has 0 bridgehead atoms. The predicted octanol–water partition coefficient (Wildman–Crippen LogP) is 1.93. The summed E-state index contributed by atoms with van der Waals surface area (Å²) in [4.78, 5) is 23.4. The second kappa shape index (κ2) is 6.96. The third-order valence-electron chi connectivity index (χ3n) is 1.98. The third-order valence-corrected chi connectivity index (χ3v) is 2.99. The summed E-state index contributed by atoms with van der Waals surface area (Å²) >= 11 is 1.41. The third kappa shape index (κ3) is 5.40. The van der Waals surface area contributed by atoms with Crippen LogP contribution >= 0.6 is 11.8 Å². The maximum atomic E-state index is 11.4. The van der Waals surface area contributed by atoms with E-state index in [-0.39, 0.29) is 11.7 Å². The van der Waals surface area contributed by atoms with Crippen LogP contribution in [0.4, 0.5) is 4.79 Å². The molecule has 0 spiro atoms. The number of imide groups is 1. The molecule has 0 aliphatic heterocycles. The number of carbonyl (C=O) groups excluding carboxylic acids is 2. The first-order chi connectivity index (χ1) is 8.11. The van der Waals surface area contributed by atoms with E-state index < -0.39 is 6.03 Å². The molecule has 0 aliphatic rings. The van der Waals surface area contributed by atoms with Crippen LogP contribution in [0, 0.1) is 6.92 Å². The van der Waals surface area contributed by atoms with Crippen molar-refractivity contribution in [2.75, 3.05) is 12.3 Å². The summed E-state index contributed by atoms with van der Waals surface area (Å²) < 4.78 is 0. The number of rotatable bonds is 4. The fraction of sp³-hybridized carbons (Fsp3) is 0.333. The number of hydrogen-bond donors (Lipinski definition) is 2. The minimum Gasteiger partial charge on any atom is -0.338 e. The van der Waals surface area contributed by atoms with Crippen LogP contribution in [0.25, 0.3) is 0 Å². The van der Waals surface area contributed by atoms with Gasteiger partial charge in [0.05, 0.1) is 5.75 Å². The Hall–Kier alpha value is -1.49. The zero-order valence-electron chi connectivity index (χ0n) is 9.95. The fourth-order valence-electron chi connectivity index (χ4n) is 1.15. The Balaban J connectivity index is 2.33. The van der Waals surface area contributed by atoms with E-state index in [1.54, 1.807) is 6.92 Å². The summed E-state index contributed by atoms with van der Waals surface area (Å²) in [6, 6.07) is 7.45. The van der Waals surface area contributed by atoms with Crippen molar-refractivity contribution in [3.63, 3.8) is 0 Å². The average molecular weight is 252 g/mol. The number of nitrogens with one attached hydrogen (secondary N) is 2. The van der Waals surface area contributed by atoms with Gasteiger partial charge in [0, 0.05) is 11.4 Å². The molecule has 1 rings (SSSR count). The van der Waals surface area contributed by atoms with E-state index in [1.165, 1.54) is 17.3 Å². The number of hydrogen-bond acceptors (Lipinski definition) is 3. The van der Waals surface area contributed by atoms with Gasteiger partial charge in [-0.1, -0.05) is 17.7 Å². The molecule has 0 aromatic heterocycles. The van der Waals surface area contributed by atoms with E-state index >= 15 is 0 Å². The van der Waals surface area contributed by atoms with Gasteiger partial charge in [0.25, 0.3) is 0 Å². The van der Waals surface area contributed by atoms with Crippen molar-refractivity contribution in [1.29, 1.82) is 0 Å². The van der Waals surface area contributed by atoms with Crippen LogP contribution < -0.4 is 10.6 Å². The minimum absolute atomic E-state index is 0.236. The van der Waals surface area contributed by atoms with Gasteiger partial charge in [-0.05, 0) is 26.0 Å². The lowest BCUT2D eigenvalue weighted by atomic mass is 10.2. The highest BCUT2D eigenvalue weighted by Gasteiger charge is 2.06. The fourth-order valence-corrected chi connectivity index (χ4v) is 1.85. The predicted molar refractivity (Wildman–Crippen MR) is 69.1 cm³/mol. The summed E-state index contributed by atoms with van der Waals surface area (Å²) in [5.74, 6) is -0.0539. The number of amides is 3. The molecule has 1 aromatic rings. The van der Waals surface area contributed by atoms with Crippen molar-refractivity contribution in [1.82, 2.24) is 10.6 Å². The Morgan fingerprint density at radius 2 is 1.88 bits per heavy atom. The molecule has 92 valence electrons. The number of urea groups is 1. The molecule has 17 heavy (non-hydrogen) atoms. The molecule has 0 heterocycles. The zero-order valence-corrected chi connectivity index (χ0v) is 10.8. The number of carbonyl (C=O) groups is 2. The van der Waals surface area contributed by atoms with Crippen molar-refractivity contribution in [3.8, 4) is 0 Å². The van der Waals surface area contributed by atoms with Crippen LogP contribution in [-0.4, -0.2) is 24.2 Å². The first-order valence-electron chi connectivity index (χ1n) is 5.39. The summed E-state index contributed by atoms with van der Waals surface area (Å²) in [5.41, 5.74) is 1.18. The van der Waals surface area contributed by atoms with Gasteiger partial charge < -0.3 is 5.32 Å². The highest BCUT2D eigenvalue weighted by molar-refractivity contribution is 8.00. The summed E-state index contributed by atoms with van der Waals surface area (Å²) in [7, 11) is 0. The normalized spacial score (nSPS) is 9.76. The molecule has 4 nitrogen and oxygen atoms in total. The van der Waals surface area contributed by atoms with Crippen molar-refractivity contribution in [3.05, 3.63) is 29.8 Å². The molecule has 0 saturated heterocycles. The molecular weight excluding hydrogens is 236 g/mol. The molecule has 3 amide bonds. The second-order valence-corrected chi connectivity index (χ2v) is 4.56. The smallest absolute Gasteiger partial charge is 0.321 e. The van der Waals surface area contributed by atoms with Gasteiger partial charge in [-0.2, -0.15) is 0 Å². The first-order valence-corrected chi connectivity index (χ1v) is 6.37. The topological polar surface area (TPSA) is 58.2 Å². The van der Waals surface area contributed by atoms with E-state index in [4.69, 9.17) is 0 Å². The molecule has 0 saturated carbocycles. The number of thioether (sulfide) groups is 1. The maximum absolute atomic E-state index is 11.4. The van der Waals surface area contributed by atoms with Crippen LogP contribution in [0.3, 0.4) is 0 Å². The van der Waals surface area contributed by atoms with Crippen molar-refractivity contribution >= 4 is 23.7 Å².